The Hall–Kier alpha value is -1.79. The molecule has 0 saturated carbocycles. The summed E-state index contributed by atoms with van der Waals surface area (Å²) in [5.41, 5.74) is 2.35. The van der Waals surface area contributed by atoms with Gasteiger partial charge in [0.2, 0.25) is 0 Å². The van der Waals surface area contributed by atoms with Crippen LogP contribution in [0.15, 0.2) is 23.2 Å². The molecular weight excluding hydrogens is 306 g/mol. The quantitative estimate of drug-likeness (QED) is 0.431. The van der Waals surface area contributed by atoms with Crippen LogP contribution in [0.5, 0.6) is 5.75 Å². The molecule has 0 spiro atoms. The van der Waals surface area contributed by atoms with Crippen LogP contribution < -0.4 is 15.4 Å². The van der Waals surface area contributed by atoms with Gasteiger partial charge in [-0.1, -0.05) is 6.07 Å². The molecule has 0 radical (unpaired) electrons. The van der Waals surface area contributed by atoms with E-state index in [4.69, 9.17) is 14.2 Å². The molecule has 2 N–H and O–H groups in total. The minimum absolute atomic E-state index is 0.277. The van der Waals surface area contributed by atoms with Gasteiger partial charge >= 0.3 is 0 Å². The van der Waals surface area contributed by atoms with Crippen LogP contribution in [0.2, 0.25) is 0 Å². The molecule has 1 unspecified atom stereocenters. The van der Waals surface area contributed by atoms with Crippen LogP contribution in [0.3, 0.4) is 0 Å². The van der Waals surface area contributed by atoms with E-state index >= 15 is 0 Å². The van der Waals surface area contributed by atoms with Crippen LogP contribution in [0.4, 0.5) is 0 Å². The third-order valence-corrected chi connectivity index (χ3v) is 3.88. The van der Waals surface area contributed by atoms with Crippen molar-refractivity contribution in [3.05, 3.63) is 29.3 Å². The SMILES string of the molecule is CN=C(NCCCOC1CCOC1)NCc1cc(C)cc(OC)c1. The number of guanidine groups is 1. The lowest BCUT2D eigenvalue weighted by atomic mass is 10.1. The van der Waals surface area contributed by atoms with Crippen molar-refractivity contribution in [1.29, 1.82) is 0 Å². The summed E-state index contributed by atoms with van der Waals surface area (Å²) in [6.07, 6.45) is 2.23. The average Bonchev–Trinajstić information content (AvgIpc) is 3.10. The second kappa shape index (κ2) is 10.2. The van der Waals surface area contributed by atoms with Crippen LogP contribution in [-0.4, -0.2) is 52.6 Å². The number of ether oxygens (including phenoxy) is 3. The van der Waals surface area contributed by atoms with Gasteiger partial charge in [-0.25, -0.2) is 0 Å². The van der Waals surface area contributed by atoms with Crippen LogP contribution in [0.1, 0.15) is 24.0 Å². The zero-order chi connectivity index (χ0) is 17.2. The average molecular weight is 335 g/mol. The minimum Gasteiger partial charge on any atom is -0.497 e. The number of hydrogen-bond acceptors (Lipinski definition) is 4. The highest BCUT2D eigenvalue weighted by molar-refractivity contribution is 5.79. The summed E-state index contributed by atoms with van der Waals surface area (Å²) in [6.45, 7) is 5.89. The molecule has 0 bridgehead atoms. The Morgan fingerprint density at radius 3 is 2.92 bits per heavy atom. The summed E-state index contributed by atoms with van der Waals surface area (Å²) in [5.74, 6) is 1.67. The lowest BCUT2D eigenvalue weighted by Crippen LogP contribution is -2.37. The number of nitrogens with one attached hydrogen (secondary N) is 2. The number of benzene rings is 1. The van der Waals surface area contributed by atoms with Crippen molar-refractivity contribution in [2.45, 2.75) is 32.4 Å². The molecule has 1 heterocycles. The Kier molecular flexibility index (Phi) is 7.85. The number of nitrogens with zero attached hydrogens (tertiary/aromatic N) is 1. The van der Waals surface area contributed by atoms with E-state index in [0.29, 0.717) is 6.54 Å². The molecular formula is C18H29N3O3. The fourth-order valence-corrected chi connectivity index (χ4v) is 2.62. The lowest BCUT2D eigenvalue weighted by molar-refractivity contribution is 0.0420. The van der Waals surface area contributed by atoms with E-state index in [1.807, 2.05) is 12.1 Å². The zero-order valence-corrected chi connectivity index (χ0v) is 14.9. The largest absolute Gasteiger partial charge is 0.497 e. The predicted octanol–water partition coefficient (Wildman–Crippen LogP) is 1.86. The van der Waals surface area contributed by atoms with Gasteiger partial charge in [-0.3, -0.25) is 4.99 Å². The highest BCUT2D eigenvalue weighted by atomic mass is 16.5. The van der Waals surface area contributed by atoms with Crippen LogP contribution in [0, 0.1) is 6.92 Å². The molecule has 1 aliphatic rings. The van der Waals surface area contributed by atoms with Gasteiger partial charge in [0.25, 0.3) is 0 Å². The van der Waals surface area contributed by atoms with E-state index in [-0.39, 0.29) is 6.10 Å². The number of aryl methyl sites for hydroxylation is 1. The van der Waals surface area contributed by atoms with Crippen molar-refractivity contribution in [2.24, 2.45) is 4.99 Å². The van der Waals surface area contributed by atoms with Gasteiger partial charge < -0.3 is 24.8 Å². The molecule has 1 aliphatic heterocycles. The molecule has 0 aliphatic carbocycles. The topological polar surface area (TPSA) is 64.1 Å². The van der Waals surface area contributed by atoms with Gasteiger partial charge in [0.15, 0.2) is 5.96 Å². The maximum atomic E-state index is 5.75. The molecule has 6 nitrogen and oxygen atoms in total. The van der Waals surface area contributed by atoms with E-state index < -0.39 is 0 Å². The number of aliphatic imine (C=N–C) groups is 1. The van der Waals surface area contributed by atoms with Crippen LogP contribution >= 0.6 is 0 Å². The number of rotatable bonds is 8. The first-order valence-corrected chi connectivity index (χ1v) is 8.49. The summed E-state index contributed by atoms with van der Waals surface area (Å²) in [5, 5.41) is 6.62. The number of methoxy groups -OCH3 is 1. The summed E-state index contributed by atoms with van der Waals surface area (Å²) in [6, 6.07) is 6.19. The van der Waals surface area contributed by atoms with E-state index in [2.05, 4.69) is 28.6 Å². The Morgan fingerprint density at radius 2 is 2.21 bits per heavy atom. The predicted molar refractivity (Wildman–Crippen MR) is 95.7 cm³/mol. The van der Waals surface area contributed by atoms with Crippen molar-refractivity contribution in [2.75, 3.05) is 40.5 Å². The lowest BCUT2D eigenvalue weighted by Gasteiger charge is -2.14. The highest BCUT2D eigenvalue weighted by Crippen LogP contribution is 2.16. The van der Waals surface area contributed by atoms with E-state index in [1.165, 1.54) is 11.1 Å². The molecule has 6 heteroatoms. The van der Waals surface area contributed by atoms with Crippen LogP contribution in [0.25, 0.3) is 0 Å². The molecule has 1 aromatic rings. The standard InChI is InChI=1S/C18H29N3O3/c1-14-9-15(11-17(10-14)22-3)12-21-18(19-2)20-6-4-7-24-16-5-8-23-13-16/h9-11,16H,4-8,12-13H2,1-3H3,(H2,19,20,21). The molecule has 134 valence electrons. The molecule has 2 rings (SSSR count). The molecule has 0 aromatic heterocycles. The molecule has 1 fully saturated rings. The van der Waals surface area contributed by atoms with E-state index in [0.717, 1.165) is 50.9 Å². The Bertz CT molecular complexity index is 528. The first-order valence-electron chi connectivity index (χ1n) is 8.49. The maximum Gasteiger partial charge on any atom is 0.191 e. The fourth-order valence-electron chi connectivity index (χ4n) is 2.62. The summed E-state index contributed by atoms with van der Waals surface area (Å²) in [7, 11) is 3.46. The second-order valence-corrected chi connectivity index (χ2v) is 5.92. The Labute approximate surface area is 144 Å². The smallest absolute Gasteiger partial charge is 0.191 e. The van der Waals surface area contributed by atoms with Crippen molar-refractivity contribution < 1.29 is 14.2 Å². The zero-order valence-electron chi connectivity index (χ0n) is 14.9. The summed E-state index contributed by atoms with van der Waals surface area (Å²) < 4.78 is 16.3. The molecule has 0 amide bonds. The van der Waals surface area contributed by atoms with E-state index in [9.17, 15) is 0 Å². The second-order valence-electron chi connectivity index (χ2n) is 5.92. The van der Waals surface area contributed by atoms with Crippen molar-refractivity contribution in [3.8, 4) is 5.75 Å². The van der Waals surface area contributed by atoms with Crippen molar-refractivity contribution in [1.82, 2.24) is 10.6 Å². The molecule has 1 saturated heterocycles. The minimum atomic E-state index is 0.277. The monoisotopic (exact) mass is 335 g/mol. The molecule has 24 heavy (non-hydrogen) atoms. The van der Waals surface area contributed by atoms with Gasteiger partial charge in [-0.15, -0.1) is 0 Å². The fraction of sp³-hybridized carbons (Fsp3) is 0.611. The van der Waals surface area contributed by atoms with Crippen molar-refractivity contribution in [3.63, 3.8) is 0 Å². The molecule has 1 atom stereocenters. The highest BCUT2D eigenvalue weighted by Gasteiger charge is 2.15. The van der Waals surface area contributed by atoms with Gasteiger partial charge in [-0.05, 0) is 43.0 Å². The van der Waals surface area contributed by atoms with Gasteiger partial charge in [0.05, 0.1) is 19.8 Å². The third kappa shape index (κ3) is 6.37. The van der Waals surface area contributed by atoms with E-state index in [1.54, 1.807) is 14.2 Å². The molecule has 1 aromatic carbocycles. The van der Waals surface area contributed by atoms with Gasteiger partial charge in [-0.2, -0.15) is 0 Å². The van der Waals surface area contributed by atoms with Crippen molar-refractivity contribution >= 4 is 5.96 Å². The summed E-state index contributed by atoms with van der Waals surface area (Å²) in [4.78, 5) is 4.25. The van der Waals surface area contributed by atoms with Gasteiger partial charge in [0.1, 0.15) is 5.75 Å². The van der Waals surface area contributed by atoms with Gasteiger partial charge in [0, 0.05) is 33.4 Å². The number of hydrogen-bond donors (Lipinski definition) is 2. The maximum absolute atomic E-state index is 5.75. The summed E-state index contributed by atoms with van der Waals surface area (Å²) >= 11 is 0. The first-order chi connectivity index (χ1) is 11.7. The normalized spacial score (nSPS) is 17.8. The Morgan fingerprint density at radius 1 is 1.33 bits per heavy atom. The third-order valence-electron chi connectivity index (χ3n) is 3.88. The first kappa shape index (κ1) is 18.5. The van der Waals surface area contributed by atoms with Crippen LogP contribution in [-0.2, 0) is 16.0 Å². The Balaban J connectivity index is 1.65.